The average Bonchev–Trinajstić information content (AvgIpc) is 2.63. The van der Waals surface area contributed by atoms with Gasteiger partial charge in [-0.05, 0) is 53.5 Å². The molecule has 0 unspecified atom stereocenters. The molecule has 0 fully saturated rings. The van der Waals surface area contributed by atoms with E-state index in [9.17, 15) is 9.59 Å². The second-order valence-corrected chi connectivity index (χ2v) is 6.24. The molecule has 3 rings (SSSR count). The fraction of sp³-hybridized carbons (Fsp3) is 0. The Balaban J connectivity index is 0.000000187. The molecule has 2 N–H and O–H groups in total. The monoisotopic (exact) mass is 406 g/mol. The lowest BCUT2D eigenvalue weighted by Gasteiger charge is -1.99. The van der Waals surface area contributed by atoms with Gasteiger partial charge in [0.25, 0.3) is 10.5 Å². The zero-order chi connectivity index (χ0) is 19.1. The molecule has 0 aliphatic carbocycles. The van der Waals surface area contributed by atoms with E-state index in [1.807, 2.05) is 42.5 Å². The van der Waals surface area contributed by atoms with Gasteiger partial charge in [-0.2, -0.15) is 0 Å². The topological polar surface area (TPSA) is 73.0 Å². The van der Waals surface area contributed by atoms with Crippen molar-refractivity contribution >= 4 is 51.0 Å². The Kier molecular flexibility index (Phi) is 7.16. The van der Waals surface area contributed by atoms with Crippen LogP contribution in [0.1, 0.15) is 20.7 Å². The van der Waals surface area contributed by atoms with Gasteiger partial charge in [0.1, 0.15) is 0 Å². The number of carbonyl (C=O) groups excluding carboxylic acids is 2. The molecular formula is C19H13Cl3N2O2. The highest BCUT2D eigenvalue weighted by Gasteiger charge is 2.08. The van der Waals surface area contributed by atoms with Crippen molar-refractivity contribution in [2.24, 2.45) is 0 Å². The van der Waals surface area contributed by atoms with Crippen LogP contribution in [0.15, 0.2) is 66.9 Å². The predicted octanol–water partition coefficient (Wildman–Crippen LogP) is 5.43. The van der Waals surface area contributed by atoms with Crippen LogP contribution < -0.4 is 5.73 Å². The van der Waals surface area contributed by atoms with Crippen molar-refractivity contribution in [1.82, 2.24) is 4.98 Å². The van der Waals surface area contributed by atoms with Gasteiger partial charge in [-0.15, -0.1) is 0 Å². The third-order valence-corrected chi connectivity index (χ3v) is 3.86. The van der Waals surface area contributed by atoms with Gasteiger partial charge < -0.3 is 5.73 Å². The number of halogens is 3. The fourth-order valence-corrected chi connectivity index (χ4v) is 2.45. The lowest BCUT2D eigenvalue weighted by atomic mass is 10.1. The van der Waals surface area contributed by atoms with Crippen molar-refractivity contribution in [3.8, 4) is 11.3 Å². The molecule has 0 spiro atoms. The molecular weight excluding hydrogens is 395 g/mol. The molecule has 0 aliphatic heterocycles. The van der Waals surface area contributed by atoms with Crippen molar-refractivity contribution in [3.05, 3.63) is 83.0 Å². The highest BCUT2D eigenvalue weighted by atomic mass is 35.5. The van der Waals surface area contributed by atoms with E-state index in [2.05, 4.69) is 4.98 Å². The van der Waals surface area contributed by atoms with E-state index in [-0.39, 0.29) is 16.1 Å². The van der Waals surface area contributed by atoms with Gasteiger partial charge in [0.05, 0.1) is 17.6 Å². The minimum Gasteiger partial charge on any atom is -0.397 e. The second kappa shape index (κ2) is 9.34. The van der Waals surface area contributed by atoms with Crippen molar-refractivity contribution < 1.29 is 9.59 Å². The summed E-state index contributed by atoms with van der Waals surface area (Å²) in [5.74, 6) is 0. The van der Waals surface area contributed by atoms with E-state index >= 15 is 0 Å². The lowest BCUT2D eigenvalue weighted by molar-refractivity contribution is 0.108. The summed E-state index contributed by atoms with van der Waals surface area (Å²) < 4.78 is 0. The Labute approximate surface area is 165 Å². The number of anilines is 1. The Hall–Kier alpha value is -2.40. The summed E-state index contributed by atoms with van der Waals surface area (Å²) in [5.41, 5.74) is 8.61. The van der Waals surface area contributed by atoms with Crippen LogP contribution in [0.2, 0.25) is 5.02 Å². The summed E-state index contributed by atoms with van der Waals surface area (Å²) in [6.07, 6.45) is 1.67. The van der Waals surface area contributed by atoms with E-state index < -0.39 is 10.5 Å². The minimum atomic E-state index is -0.679. The SMILES string of the molecule is Nc1ccc(-c2ccccc2)nc1.O=C(Cl)c1cc(Cl)cc(C(=O)Cl)c1. The van der Waals surface area contributed by atoms with Crippen LogP contribution in [0.4, 0.5) is 5.69 Å². The standard InChI is InChI=1S/C11H10N2.C8H3Cl3O2/c12-10-6-7-11(13-8-10)9-4-2-1-3-5-9;9-6-2-4(7(10)12)1-5(3-6)8(11)13/h1-8H,12H2;1-3H. The van der Waals surface area contributed by atoms with Crippen LogP contribution in [-0.2, 0) is 0 Å². The van der Waals surface area contributed by atoms with Gasteiger partial charge in [0.2, 0.25) is 0 Å². The molecule has 1 heterocycles. The molecule has 2 aromatic carbocycles. The quantitative estimate of drug-likeness (QED) is 0.588. The van der Waals surface area contributed by atoms with E-state index in [0.29, 0.717) is 5.69 Å². The fourth-order valence-electron chi connectivity index (χ4n) is 2.00. The molecule has 0 bridgehead atoms. The molecule has 0 atom stereocenters. The summed E-state index contributed by atoms with van der Waals surface area (Å²) >= 11 is 16.0. The Morgan fingerprint density at radius 2 is 1.42 bits per heavy atom. The number of rotatable bonds is 3. The first-order chi connectivity index (χ1) is 12.4. The highest BCUT2D eigenvalue weighted by molar-refractivity contribution is 6.69. The summed E-state index contributed by atoms with van der Waals surface area (Å²) in [4.78, 5) is 25.7. The van der Waals surface area contributed by atoms with Crippen molar-refractivity contribution in [2.75, 3.05) is 5.73 Å². The maximum absolute atomic E-state index is 10.7. The predicted molar refractivity (Wildman–Crippen MR) is 106 cm³/mol. The summed E-state index contributed by atoms with van der Waals surface area (Å²) in [6.45, 7) is 0. The molecule has 0 aliphatic rings. The van der Waals surface area contributed by atoms with Crippen LogP contribution in [0.25, 0.3) is 11.3 Å². The molecule has 1 aromatic heterocycles. The molecule has 4 nitrogen and oxygen atoms in total. The zero-order valence-electron chi connectivity index (χ0n) is 13.3. The number of benzene rings is 2. The summed E-state index contributed by atoms with van der Waals surface area (Å²) in [6, 6.07) is 17.8. The number of pyridine rings is 1. The molecule has 0 radical (unpaired) electrons. The zero-order valence-corrected chi connectivity index (χ0v) is 15.6. The number of aromatic nitrogens is 1. The molecule has 0 amide bonds. The van der Waals surface area contributed by atoms with Gasteiger partial charge in [-0.1, -0.05) is 41.9 Å². The summed E-state index contributed by atoms with van der Waals surface area (Å²) in [5, 5.41) is -1.11. The molecule has 132 valence electrons. The Morgan fingerprint density at radius 3 is 1.88 bits per heavy atom. The number of nitrogens with two attached hydrogens (primary N) is 1. The molecule has 0 saturated heterocycles. The van der Waals surface area contributed by atoms with Gasteiger partial charge in [0, 0.05) is 21.7 Å². The summed E-state index contributed by atoms with van der Waals surface area (Å²) in [7, 11) is 0. The van der Waals surface area contributed by atoms with Crippen molar-refractivity contribution in [3.63, 3.8) is 0 Å². The van der Waals surface area contributed by atoms with Gasteiger partial charge >= 0.3 is 0 Å². The Morgan fingerprint density at radius 1 is 0.846 bits per heavy atom. The molecule has 7 heteroatoms. The van der Waals surface area contributed by atoms with Gasteiger partial charge in [-0.3, -0.25) is 14.6 Å². The van der Waals surface area contributed by atoms with E-state index in [1.54, 1.807) is 6.20 Å². The smallest absolute Gasteiger partial charge is 0.252 e. The molecule has 0 saturated carbocycles. The van der Waals surface area contributed by atoms with Crippen molar-refractivity contribution in [1.29, 1.82) is 0 Å². The normalized spacial score (nSPS) is 9.81. The number of nitrogens with zero attached hydrogens (tertiary/aromatic N) is 1. The maximum atomic E-state index is 10.7. The lowest BCUT2D eigenvalue weighted by Crippen LogP contribution is -1.94. The van der Waals surface area contributed by atoms with Crippen LogP contribution >= 0.6 is 34.8 Å². The number of hydrogen-bond acceptors (Lipinski definition) is 4. The van der Waals surface area contributed by atoms with Crippen LogP contribution in [0.5, 0.6) is 0 Å². The minimum absolute atomic E-state index is 0.151. The Bertz CT molecular complexity index is 882. The molecule has 3 aromatic rings. The first kappa shape index (κ1) is 19.9. The van der Waals surface area contributed by atoms with E-state index in [4.69, 9.17) is 40.5 Å². The van der Waals surface area contributed by atoms with Gasteiger partial charge in [0.15, 0.2) is 0 Å². The third-order valence-electron chi connectivity index (χ3n) is 3.21. The molecule has 26 heavy (non-hydrogen) atoms. The highest BCUT2D eigenvalue weighted by Crippen LogP contribution is 2.18. The van der Waals surface area contributed by atoms with Crippen LogP contribution in [0, 0.1) is 0 Å². The van der Waals surface area contributed by atoms with Crippen LogP contribution in [-0.4, -0.2) is 15.5 Å². The van der Waals surface area contributed by atoms with Crippen LogP contribution in [0.3, 0.4) is 0 Å². The number of hydrogen-bond donors (Lipinski definition) is 1. The first-order valence-electron chi connectivity index (χ1n) is 7.34. The third kappa shape index (κ3) is 5.85. The van der Waals surface area contributed by atoms with E-state index in [1.165, 1.54) is 18.2 Å². The number of carbonyl (C=O) groups is 2. The largest absolute Gasteiger partial charge is 0.397 e. The number of nitrogen functional groups attached to an aromatic ring is 1. The van der Waals surface area contributed by atoms with Crippen molar-refractivity contribution in [2.45, 2.75) is 0 Å². The first-order valence-corrected chi connectivity index (χ1v) is 8.47. The van der Waals surface area contributed by atoms with Gasteiger partial charge in [-0.25, -0.2) is 0 Å². The second-order valence-electron chi connectivity index (χ2n) is 5.12. The van der Waals surface area contributed by atoms with E-state index in [0.717, 1.165) is 11.3 Å². The average molecular weight is 408 g/mol. The maximum Gasteiger partial charge on any atom is 0.252 e.